The van der Waals surface area contributed by atoms with Crippen LogP contribution in [0.2, 0.25) is 0 Å². The number of ether oxygens (including phenoxy) is 1. The molecule has 6 aromatic rings. The van der Waals surface area contributed by atoms with E-state index < -0.39 is 0 Å². The molecule has 3 aromatic carbocycles. The first-order valence-electron chi connectivity index (χ1n) is 18.6. The molecule has 1 unspecified atom stereocenters. The minimum atomic E-state index is -0.145. The number of aryl methyl sites for hydroxylation is 1. The van der Waals surface area contributed by atoms with Gasteiger partial charge >= 0.3 is 21.1 Å². The summed E-state index contributed by atoms with van der Waals surface area (Å²) in [7, 11) is 0. The summed E-state index contributed by atoms with van der Waals surface area (Å²) in [6, 6.07) is 28.6. The third kappa shape index (κ3) is 6.94. The average molecular weight is 872 g/mol. The zero-order valence-corrected chi connectivity index (χ0v) is 34.9. The second-order valence-electron chi connectivity index (χ2n) is 17.0. The molecule has 0 saturated heterocycles. The molecule has 0 N–H and O–H groups in total. The van der Waals surface area contributed by atoms with E-state index in [0.29, 0.717) is 29.3 Å². The van der Waals surface area contributed by atoms with Gasteiger partial charge in [0.05, 0.1) is 11.4 Å². The molecule has 5 nitrogen and oxygen atoms in total. The molecule has 0 saturated carbocycles. The molecule has 272 valence electrons. The Morgan fingerprint density at radius 3 is 2.31 bits per heavy atom. The van der Waals surface area contributed by atoms with Gasteiger partial charge in [-0.25, -0.2) is 4.98 Å². The molecule has 7 rings (SSSR count). The Bertz CT molecular complexity index is 2290. The summed E-state index contributed by atoms with van der Waals surface area (Å²) in [6.07, 6.45) is 6.67. The molecule has 0 radical (unpaired) electrons. The van der Waals surface area contributed by atoms with E-state index in [1.54, 1.807) is 0 Å². The first-order valence-corrected chi connectivity index (χ1v) is 18.6. The van der Waals surface area contributed by atoms with Crippen molar-refractivity contribution in [2.75, 3.05) is 0 Å². The van der Waals surface area contributed by atoms with Crippen molar-refractivity contribution >= 4 is 21.8 Å². The number of aromatic nitrogens is 4. The fourth-order valence-corrected chi connectivity index (χ4v) is 7.97. The van der Waals surface area contributed by atoms with Gasteiger partial charge in [0.2, 0.25) is 0 Å². The standard InChI is InChI=1S/C46H52N4O.Pt/c1-28(2)32-21-22-47-41(23-32)49-39-18-13-12-17-37(39)38-20-19-35(27-40(38)49)51-36-25-33(45(6,7)8)24-34(26-36)50-44(46(9,10)11)43(31(5)48-50)42-29(3)15-14-16-30(42)4;/h12-13,15,17-25,28,30,42H,14,16H2,1-11H3;/q-2;+2/t30-,42?;/m0./s1. The minimum absolute atomic E-state index is 0. The van der Waals surface area contributed by atoms with Crippen LogP contribution >= 0.6 is 0 Å². The molecular formula is C46H52N4OPt. The van der Waals surface area contributed by atoms with E-state index in [1.807, 2.05) is 12.3 Å². The maximum Gasteiger partial charge on any atom is 2.00 e. The van der Waals surface area contributed by atoms with E-state index in [1.165, 1.54) is 28.8 Å². The third-order valence-electron chi connectivity index (χ3n) is 10.6. The van der Waals surface area contributed by atoms with Crippen molar-refractivity contribution in [3.63, 3.8) is 0 Å². The summed E-state index contributed by atoms with van der Waals surface area (Å²) in [5.41, 5.74) is 10.2. The Labute approximate surface area is 324 Å². The summed E-state index contributed by atoms with van der Waals surface area (Å²) in [5, 5.41) is 7.55. The van der Waals surface area contributed by atoms with E-state index in [0.717, 1.165) is 51.0 Å². The number of fused-ring (bicyclic) bond motifs is 3. The molecule has 3 aromatic heterocycles. The Hall–Kier alpha value is -3.95. The minimum Gasteiger partial charge on any atom is -0.509 e. The van der Waals surface area contributed by atoms with Gasteiger partial charge in [-0.05, 0) is 78.8 Å². The van der Waals surface area contributed by atoms with Crippen molar-refractivity contribution in [2.45, 2.75) is 112 Å². The van der Waals surface area contributed by atoms with Crippen LogP contribution in [-0.2, 0) is 31.9 Å². The predicted octanol–water partition coefficient (Wildman–Crippen LogP) is 12.2. The quantitative estimate of drug-likeness (QED) is 0.124. The second-order valence-corrected chi connectivity index (χ2v) is 17.0. The number of nitrogens with zero attached hydrogens (tertiary/aromatic N) is 4. The molecule has 0 amide bonds. The SMILES string of the molecule is CC1=CCC[C@H](C)C1c1c(C)nn(-c2[c-]c(Oc3[c-]c4c(cc3)c3ccccc3n4-c3cc(C(C)C)ccn3)cc(C(C)(C)C)c2)c1C(C)(C)C.[Pt+2]. The summed E-state index contributed by atoms with van der Waals surface area (Å²) >= 11 is 0. The van der Waals surface area contributed by atoms with Gasteiger partial charge in [-0.3, -0.25) is 4.68 Å². The largest absolute Gasteiger partial charge is 2.00 e. The number of benzene rings is 3. The summed E-state index contributed by atoms with van der Waals surface area (Å²) in [5.74, 6) is 3.45. The van der Waals surface area contributed by atoms with Gasteiger partial charge < -0.3 is 9.30 Å². The summed E-state index contributed by atoms with van der Waals surface area (Å²) < 4.78 is 11.1. The molecule has 2 atom stereocenters. The molecule has 1 aliphatic rings. The second kappa shape index (κ2) is 14.1. The van der Waals surface area contributed by atoms with E-state index in [-0.39, 0.29) is 31.9 Å². The van der Waals surface area contributed by atoms with Crippen LogP contribution in [0.1, 0.15) is 122 Å². The Morgan fingerprint density at radius 1 is 0.865 bits per heavy atom. The third-order valence-corrected chi connectivity index (χ3v) is 10.6. The molecule has 0 spiro atoms. The van der Waals surface area contributed by atoms with Crippen LogP contribution in [0.4, 0.5) is 0 Å². The maximum absolute atomic E-state index is 6.75. The monoisotopic (exact) mass is 871 g/mol. The van der Waals surface area contributed by atoms with E-state index in [9.17, 15) is 0 Å². The molecule has 3 heterocycles. The van der Waals surface area contributed by atoms with Gasteiger partial charge in [0.1, 0.15) is 5.82 Å². The Kier molecular flexibility index (Phi) is 10.3. The van der Waals surface area contributed by atoms with Crippen molar-refractivity contribution in [3.8, 4) is 23.0 Å². The van der Waals surface area contributed by atoms with Gasteiger partial charge in [0.15, 0.2) is 0 Å². The van der Waals surface area contributed by atoms with E-state index >= 15 is 0 Å². The van der Waals surface area contributed by atoms with E-state index in [2.05, 4.69) is 158 Å². The van der Waals surface area contributed by atoms with Crippen LogP contribution in [0.15, 0.2) is 78.5 Å². The molecular weight excluding hydrogens is 820 g/mol. The molecule has 1 aliphatic carbocycles. The van der Waals surface area contributed by atoms with Crippen LogP contribution in [0.3, 0.4) is 0 Å². The first-order chi connectivity index (χ1) is 24.1. The zero-order chi connectivity index (χ0) is 36.4. The van der Waals surface area contributed by atoms with Crippen molar-refractivity contribution < 1.29 is 25.8 Å². The zero-order valence-electron chi connectivity index (χ0n) is 32.6. The topological polar surface area (TPSA) is 44.9 Å². The molecule has 52 heavy (non-hydrogen) atoms. The first kappa shape index (κ1) is 37.8. The Morgan fingerprint density at radius 2 is 1.62 bits per heavy atom. The average Bonchev–Trinajstić information content (AvgIpc) is 3.59. The Balaban J connectivity index is 0.00000464. The van der Waals surface area contributed by atoms with Crippen LogP contribution in [0.25, 0.3) is 33.3 Å². The predicted molar refractivity (Wildman–Crippen MR) is 211 cm³/mol. The number of hydrogen-bond donors (Lipinski definition) is 0. The number of para-hydroxylation sites is 1. The maximum atomic E-state index is 6.75. The van der Waals surface area contributed by atoms with Crippen LogP contribution < -0.4 is 4.74 Å². The number of pyridine rings is 1. The van der Waals surface area contributed by atoms with Gasteiger partial charge in [-0.15, -0.1) is 41.3 Å². The van der Waals surface area contributed by atoms with Gasteiger partial charge in [-0.2, -0.15) is 11.2 Å². The number of hydrogen-bond acceptors (Lipinski definition) is 3. The number of allylic oxidation sites excluding steroid dienone is 2. The van der Waals surface area contributed by atoms with Crippen LogP contribution in [-0.4, -0.2) is 19.3 Å². The van der Waals surface area contributed by atoms with Crippen LogP contribution in [0, 0.1) is 25.0 Å². The van der Waals surface area contributed by atoms with E-state index in [4.69, 9.17) is 14.8 Å². The van der Waals surface area contributed by atoms with Gasteiger partial charge in [-0.1, -0.05) is 97.7 Å². The normalized spacial score (nSPS) is 16.7. The molecule has 0 bridgehead atoms. The number of rotatable bonds is 6. The molecule has 0 fully saturated rings. The summed E-state index contributed by atoms with van der Waals surface area (Å²) in [6.45, 7) is 24.9. The van der Waals surface area contributed by atoms with Crippen molar-refractivity contribution in [1.29, 1.82) is 0 Å². The van der Waals surface area contributed by atoms with Crippen LogP contribution in [0.5, 0.6) is 11.5 Å². The summed E-state index contributed by atoms with van der Waals surface area (Å²) in [4.78, 5) is 4.82. The van der Waals surface area contributed by atoms with Crippen molar-refractivity contribution in [1.82, 2.24) is 19.3 Å². The van der Waals surface area contributed by atoms with Crippen molar-refractivity contribution in [3.05, 3.63) is 119 Å². The fraction of sp³-hybridized carbons (Fsp3) is 0.391. The fourth-order valence-electron chi connectivity index (χ4n) is 7.97. The van der Waals surface area contributed by atoms with Gasteiger partial charge in [0, 0.05) is 40.1 Å². The van der Waals surface area contributed by atoms with Crippen molar-refractivity contribution in [2.24, 2.45) is 5.92 Å². The smallest absolute Gasteiger partial charge is 0.509 e. The molecule has 0 aliphatic heterocycles. The van der Waals surface area contributed by atoms with Gasteiger partial charge in [0.25, 0.3) is 0 Å². The molecule has 6 heteroatoms.